The summed E-state index contributed by atoms with van der Waals surface area (Å²) in [5, 5.41) is 3.96. The number of aromatic nitrogens is 1. The molecule has 4 heteroatoms. The second kappa shape index (κ2) is 4.90. The average molecular weight is 236 g/mol. The number of carbonyl (C=O) groups is 1. The molecule has 17 heavy (non-hydrogen) atoms. The first kappa shape index (κ1) is 12.1. The van der Waals surface area contributed by atoms with Gasteiger partial charge in [-0.05, 0) is 26.2 Å². The molecule has 1 aromatic heterocycles. The number of carbonyl (C=O) groups excluding carboxylic acids is 1. The number of rotatable bonds is 3. The van der Waals surface area contributed by atoms with Crippen LogP contribution in [0.15, 0.2) is 4.52 Å². The minimum Gasteiger partial charge on any atom is -0.359 e. The summed E-state index contributed by atoms with van der Waals surface area (Å²) in [5.41, 5.74) is 2.16. The van der Waals surface area contributed by atoms with Gasteiger partial charge in [0, 0.05) is 18.0 Å². The average Bonchev–Trinajstić information content (AvgIpc) is 2.72. The number of nitrogens with zero attached hydrogens (tertiary/aromatic N) is 2. The van der Waals surface area contributed by atoms with Crippen molar-refractivity contribution in [3.05, 3.63) is 17.0 Å². The zero-order valence-electron chi connectivity index (χ0n) is 10.8. The molecule has 0 bridgehead atoms. The zero-order valence-corrected chi connectivity index (χ0v) is 10.8. The molecule has 0 unspecified atom stereocenters. The minimum atomic E-state index is 0.153. The van der Waals surface area contributed by atoms with Gasteiger partial charge in [-0.3, -0.25) is 4.79 Å². The maximum atomic E-state index is 12.2. The third-order valence-corrected chi connectivity index (χ3v) is 3.68. The molecular weight excluding hydrogens is 216 g/mol. The topological polar surface area (TPSA) is 46.3 Å². The van der Waals surface area contributed by atoms with Gasteiger partial charge in [0.1, 0.15) is 0 Å². The highest BCUT2D eigenvalue weighted by molar-refractivity contribution is 5.79. The highest BCUT2D eigenvalue weighted by atomic mass is 16.5. The van der Waals surface area contributed by atoms with Crippen molar-refractivity contribution < 1.29 is 9.32 Å². The van der Waals surface area contributed by atoms with E-state index in [1.54, 1.807) is 0 Å². The van der Waals surface area contributed by atoms with E-state index in [4.69, 9.17) is 4.52 Å². The Hall–Kier alpha value is -1.32. The molecule has 0 saturated carbocycles. The summed E-state index contributed by atoms with van der Waals surface area (Å²) in [5.74, 6) is 1.28. The molecule has 0 fully saturated rings. The second-order valence-corrected chi connectivity index (χ2v) is 4.69. The van der Waals surface area contributed by atoms with Crippen molar-refractivity contribution in [2.75, 3.05) is 6.54 Å². The van der Waals surface area contributed by atoms with E-state index in [9.17, 15) is 4.79 Å². The fourth-order valence-electron chi connectivity index (χ4n) is 2.46. The maximum Gasteiger partial charge on any atom is 0.226 e. The van der Waals surface area contributed by atoms with E-state index < -0.39 is 0 Å². The molecule has 94 valence electrons. The number of amides is 1. The van der Waals surface area contributed by atoms with Gasteiger partial charge >= 0.3 is 0 Å². The van der Waals surface area contributed by atoms with Crippen LogP contribution in [0, 0.1) is 12.8 Å². The molecule has 0 radical (unpaired) electrons. The van der Waals surface area contributed by atoms with Crippen LogP contribution in [0.3, 0.4) is 0 Å². The SMILES string of the molecule is CCC(CC)C(=O)N1CCc2c(C)noc2C1. The smallest absolute Gasteiger partial charge is 0.226 e. The van der Waals surface area contributed by atoms with Crippen molar-refractivity contribution in [1.29, 1.82) is 0 Å². The van der Waals surface area contributed by atoms with E-state index in [1.165, 1.54) is 5.56 Å². The summed E-state index contributed by atoms with van der Waals surface area (Å²) in [6, 6.07) is 0. The van der Waals surface area contributed by atoms with Crippen molar-refractivity contribution in [1.82, 2.24) is 10.1 Å². The number of aryl methyl sites for hydroxylation is 1. The van der Waals surface area contributed by atoms with Gasteiger partial charge in [0.25, 0.3) is 0 Å². The summed E-state index contributed by atoms with van der Waals surface area (Å²) in [7, 11) is 0. The first-order valence-electron chi connectivity index (χ1n) is 6.40. The van der Waals surface area contributed by atoms with Crippen LogP contribution in [0.1, 0.15) is 43.7 Å². The van der Waals surface area contributed by atoms with Crippen LogP contribution >= 0.6 is 0 Å². The molecule has 0 N–H and O–H groups in total. The molecule has 0 aliphatic carbocycles. The van der Waals surface area contributed by atoms with Gasteiger partial charge in [0.05, 0.1) is 12.2 Å². The van der Waals surface area contributed by atoms with E-state index >= 15 is 0 Å². The van der Waals surface area contributed by atoms with Gasteiger partial charge in [0.2, 0.25) is 5.91 Å². The molecular formula is C13H20N2O2. The lowest BCUT2D eigenvalue weighted by molar-refractivity contribution is -0.137. The van der Waals surface area contributed by atoms with E-state index in [0.717, 1.165) is 37.3 Å². The lowest BCUT2D eigenvalue weighted by Crippen LogP contribution is -2.39. The summed E-state index contributed by atoms with van der Waals surface area (Å²) < 4.78 is 5.27. The van der Waals surface area contributed by atoms with Gasteiger partial charge < -0.3 is 9.42 Å². The zero-order chi connectivity index (χ0) is 12.4. The normalized spacial score (nSPS) is 15.2. The molecule has 0 saturated heterocycles. The van der Waals surface area contributed by atoms with Crippen molar-refractivity contribution in [2.24, 2.45) is 5.92 Å². The predicted octanol–water partition coefficient (Wildman–Crippen LogP) is 2.30. The van der Waals surface area contributed by atoms with Crippen molar-refractivity contribution in [2.45, 2.75) is 46.6 Å². The summed E-state index contributed by atoms with van der Waals surface area (Å²) >= 11 is 0. The van der Waals surface area contributed by atoms with Gasteiger partial charge in [-0.2, -0.15) is 0 Å². The summed E-state index contributed by atoms with van der Waals surface area (Å²) in [6.07, 6.45) is 2.69. The maximum absolute atomic E-state index is 12.2. The molecule has 1 aliphatic heterocycles. The van der Waals surface area contributed by atoms with E-state index in [1.807, 2.05) is 11.8 Å². The first-order chi connectivity index (χ1) is 8.17. The van der Waals surface area contributed by atoms with Gasteiger partial charge in [-0.1, -0.05) is 19.0 Å². The van der Waals surface area contributed by atoms with Crippen molar-refractivity contribution in [3.8, 4) is 0 Å². The Balaban J connectivity index is 2.09. The number of fused-ring (bicyclic) bond motifs is 1. The van der Waals surface area contributed by atoms with Crippen LogP contribution in [-0.2, 0) is 17.8 Å². The molecule has 0 aromatic carbocycles. The van der Waals surface area contributed by atoms with Crippen LogP contribution in [0.4, 0.5) is 0 Å². The quantitative estimate of drug-likeness (QED) is 0.809. The minimum absolute atomic E-state index is 0.153. The predicted molar refractivity (Wildman–Crippen MR) is 64.4 cm³/mol. The molecule has 2 rings (SSSR count). The fraction of sp³-hybridized carbons (Fsp3) is 0.692. The Morgan fingerprint density at radius 2 is 2.18 bits per heavy atom. The molecule has 2 heterocycles. The largest absolute Gasteiger partial charge is 0.359 e. The highest BCUT2D eigenvalue weighted by Gasteiger charge is 2.28. The fourth-order valence-corrected chi connectivity index (χ4v) is 2.46. The Morgan fingerprint density at radius 3 is 2.82 bits per heavy atom. The summed E-state index contributed by atoms with van der Waals surface area (Å²) in [4.78, 5) is 14.1. The lowest BCUT2D eigenvalue weighted by Gasteiger charge is -2.28. The highest BCUT2D eigenvalue weighted by Crippen LogP contribution is 2.24. The summed E-state index contributed by atoms with van der Waals surface area (Å²) in [6.45, 7) is 7.48. The number of hydrogen-bond donors (Lipinski definition) is 0. The van der Waals surface area contributed by atoms with E-state index in [0.29, 0.717) is 6.54 Å². The van der Waals surface area contributed by atoms with Crippen LogP contribution < -0.4 is 0 Å². The standard InChI is InChI=1S/C13H20N2O2/c1-4-10(5-2)13(16)15-7-6-11-9(3)14-17-12(11)8-15/h10H,4-8H2,1-3H3. The Morgan fingerprint density at radius 1 is 1.47 bits per heavy atom. The molecule has 0 spiro atoms. The molecule has 1 aliphatic rings. The van der Waals surface area contributed by atoms with Crippen LogP contribution in [-0.4, -0.2) is 22.5 Å². The van der Waals surface area contributed by atoms with Crippen molar-refractivity contribution in [3.63, 3.8) is 0 Å². The first-order valence-corrected chi connectivity index (χ1v) is 6.40. The molecule has 1 amide bonds. The molecule has 0 atom stereocenters. The second-order valence-electron chi connectivity index (χ2n) is 4.69. The van der Waals surface area contributed by atoms with Gasteiger partial charge in [-0.25, -0.2) is 0 Å². The lowest BCUT2D eigenvalue weighted by atomic mass is 9.99. The van der Waals surface area contributed by atoms with Crippen LogP contribution in [0.25, 0.3) is 0 Å². The van der Waals surface area contributed by atoms with E-state index in [-0.39, 0.29) is 11.8 Å². The molecule has 1 aromatic rings. The van der Waals surface area contributed by atoms with Crippen molar-refractivity contribution >= 4 is 5.91 Å². The Labute approximate surface area is 102 Å². The number of hydrogen-bond acceptors (Lipinski definition) is 3. The van der Waals surface area contributed by atoms with Gasteiger partial charge in [0.15, 0.2) is 5.76 Å². The third kappa shape index (κ3) is 2.21. The third-order valence-electron chi connectivity index (χ3n) is 3.68. The monoisotopic (exact) mass is 236 g/mol. The van der Waals surface area contributed by atoms with Crippen LogP contribution in [0.5, 0.6) is 0 Å². The Bertz CT molecular complexity index is 408. The van der Waals surface area contributed by atoms with Crippen LogP contribution in [0.2, 0.25) is 0 Å². The molecule has 4 nitrogen and oxygen atoms in total. The van der Waals surface area contributed by atoms with E-state index in [2.05, 4.69) is 19.0 Å². The Kier molecular flexibility index (Phi) is 3.50. The van der Waals surface area contributed by atoms with Gasteiger partial charge in [-0.15, -0.1) is 0 Å².